The van der Waals surface area contributed by atoms with E-state index in [1.165, 1.54) is 36.8 Å². The van der Waals surface area contributed by atoms with Crippen LogP contribution in [0.2, 0.25) is 0 Å². The van der Waals surface area contributed by atoms with Gasteiger partial charge in [0.05, 0.1) is 4.90 Å². The molecule has 3 rings (SSSR count). The first-order chi connectivity index (χ1) is 10.5. The zero-order valence-electron chi connectivity index (χ0n) is 13.8. The third-order valence-corrected chi connectivity index (χ3v) is 6.09. The van der Waals surface area contributed by atoms with E-state index in [9.17, 15) is 8.42 Å². The molecule has 0 spiro atoms. The van der Waals surface area contributed by atoms with E-state index in [2.05, 4.69) is 10.2 Å². The first-order valence-corrected chi connectivity index (χ1v) is 10.2. The number of rotatable bonds is 3. The number of fused-ring (bicyclic) bond motifs is 1. The number of nitrogens with one attached hydrogen (secondary N) is 1. The number of hydrogen-bond donors (Lipinski definition) is 1. The summed E-state index contributed by atoms with van der Waals surface area (Å²) in [4.78, 5) is 3.02. The molecule has 1 fully saturated rings. The quantitative estimate of drug-likeness (QED) is 0.896. The number of benzene rings is 1. The summed E-state index contributed by atoms with van der Waals surface area (Å²) in [5, 5.41) is 3.42. The summed E-state index contributed by atoms with van der Waals surface area (Å²) in [6.07, 6.45) is 5.84. The zero-order valence-corrected chi connectivity index (χ0v) is 15.4. The van der Waals surface area contributed by atoms with E-state index in [1.54, 1.807) is 6.07 Å². The van der Waals surface area contributed by atoms with Crippen molar-refractivity contribution < 1.29 is 8.42 Å². The summed E-state index contributed by atoms with van der Waals surface area (Å²) in [6, 6.07) is 5.66. The fraction of sp³-hybridized carbons (Fsp3) is 0.647. The van der Waals surface area contributed by atoms with Crippen LogP contribution in [0.3, 0.4) is 0 Å². The van der Waals surface area contributed by atoms with Crippen molar-refractivity contribution in [3.05, 3.63) is 29.3 Å². The maximum Gasteiger partial charge on any atom is 0.175 e. The number of sulfone groups is 1. The van der Waals surface area contributed by atoms with E-state index in [4.69, 9.17) is 0 Å². The predicted molar refractivity (Wildman–Crippen MR) is 96.2 cm³/mol. The van der Waals surface area contributed by atoms with Crippen LogP contribution in [0.4, 0.5) is 0 Å². The Morgan fingerprint density at radius 3 is 2.43 bits per heavy atom. The second-order valence-electron chi connectivity index (χ2n) is 6.70. The van der Waals surface area contributed by atoms with Crippen LogP contribution in [0.15, 0.2) is 23.1 Å². The number of piperidine rings is 1. The van der Waals surface area contributed by atoms with Gasteiger partial charge in [-0.2, -0.15) is 0 Å². The number of halogens is 1. The van der Waals surface area contributed by atoms with Crippen LogP contribution in [0, 0.1) is 5.92 Å². The van der Waals surface area contributed by atoms with Crippen LogP contribution in [-0.4, -0.2) is 52.3 Å². The average Bonchev–Trinajstić information content (AvgIpc) is 2.70. The van der Waals surface area contributed by atoms with Gasteiger partial charge in [-0.3, -0.25) is 0 Å². The Morgan fingerprint density at radius 1 is 1.13 bits per heavy atom. The molecule has 1 N–H and O–H groups in total. The van der Waals surface area contributed by atoms with Crippen LogP contribution < -0.4 is 5.32 Å². The summed E-state index contributed by atoms with van der Waals surface area (Å²) in [5.41, 5.74) is 2.54. The highest BCUT2D eigenvalue weighted by Gasteiger charge is 2.20. The third-order valence-electron chi connectivity index (χ3n) is 4.98. The molecule has 1 aromatic carbocycles. The molecule has 0 atom stereocenters. The Balaban J connectivity index is 0.00000192. The zero-order chi connectivity index (χ0) is 15.6. The molecule has 130 valence electrons. The Bertz CT molecular complexity index is 627. The predicted octanol–water partition coefficient (Wildman–Crippen LogP) is 1.91. The number of hydrogen-bond acceptors (Lipinski definition) is 4. The Hall–Kier alpha value is -0.620. The SMILES string of the molecule is CS(=O)(=O)c1ccc2c(c1)CCN(CC1CCNCC1)CC2.Cl. The summed E-state index contributed by atoms with van der Waals surface area (Å²) in [5.74, 6) is 0.814. The van der Waals surface area contributed by atoms with Gasteiger partial charge in [0.15, 0.2) is 9.84 Å². The van der Waals surface area contributed by atoms with Gasteiger partial charge in [0.2, 0.25) is 0 Å². The largest absolute Gasteiger partial charge is 0.317 e. The van der Waals surface area contributed by atoms with Gasteiger partial charge in [-0.1, -0.05) is 6.07 Å². The van der Waals surface area contributed by atoms with E-state index < -0.39 is 9.84 Å². The van der Waals surface area contributed by atoms with Gasteiger partial charge in [0.25, 0.3) is 0 Å². The lowest BCUT2D eigenvalue weighted by molar-refractivity contribution is 0.213. The maximum absolute atomic E-state index is 11.7. The highest BCUT2D eigenvalue weighted by atomic mass is 35.5. The maximum atomic E-state index is 11.7. The molecule has 2 aliphatic heterocycles. The molecule has 0 unspecified atom stereocenters. The Kier molecular flexibility index (Phi) is 6.48. The second-order valence-corrected chi connectivity index (χ2v) is 8.71. The highest BCUT2D eigenvalue weighted by molar-refractivity contribution is 7.90. The van der Waals surface area contributed by atoms with Crippen LogP contribution >= 0.6 is 12.4 Å². The lowest BCUT2D eigenvalue weighted by Crippen LogP contribution is -2.37. The van der Waals surface area contributed by atoms with E-state index in [1.807, 2.05) is 12.1 Å². The summed E-state index contributed by atoms with van der Waals surface area (Å²) in [6.45, 7) is 5.63. The molecule has 0 aromatic heterocycles. The van der Waals surface area contributed by atoms with E-state index in [0.717, 1.165) is 44.9 Å². The second kappa shape index (κ2) is 7.97. The van der Waals surface area contributed by atoms with Crippen molar-refractivity contribution in [1.82, 2.24) is 10.2 Å². The standard InChI is InChI=1S/C17H26N2O2S.ClH/c1-22(20,21)17-3-2-15-6-10-19(11-7-16(15)12-17)13-14-4-8-18-9-5-14;/h2-3,12,14,18H,4-11,13H2,1H3;1H. The van der Waals surface area contributed by atoms with Crippen molar-refractivity contribution in [3.63, 3.8) is 0 Å². The first kappa shape index (κ1) is 18.7. The lowest BCUT2D eigenvalue weighted by atomic mass is 9.97. The van der Waals surface area contributed by atoms with Crippen molar-refractivity contribution in [2.24, 2.45) is 5.92 Å². The average molecular weight is 359 g/mol. The molecule has 4 nitrogen and oxygen atoms in total. The van der Waals surface area contributed by atoms with Crippen molar-refractivity contribution in [2.45, 2.75) is 30.6 Å². The van der Waals surface area contributed by atoms with Crippen molar-refractivity contribution in [1.29, 1.82) is 0 Å². The Labute approximate surface area is 146 Å². The molecular formula is C17H27ClN2O2S. The third kappa shape index (κ3) is 4.92. The molecular weight excluding hydrogens is 332 g/mol. The fourth-order valence-corrected chi connectivity index (χ4v) is 4.26. The smallest absolute Gasteiger partial charge is 0.175 e. The minimum atomic E-state index is -3.10. The van der Waals surface area contributed by atoms with Gasteiger partial charge >= 0.3 is 0 Å². The summed E-state index contributed by atoms with van der Waals surface area (Å²) in [7, 11) is -3.10. The molecule has 0 saturated carbocycles. The number of nitrogens with zero attached hydrogens (tertiary/aromatic N) is 1. The van der Waals surface area contributed by atoms with Gasteiger partial charge in [0.1, 0.15) is 0 Å². The minimum absolute atomic E-state index is 0. The molecule has 23 heavy (non-hydrogen) atoms. The van der Waals surface area contributed by atoms with Crippen molar-refractivity contribution in [3.8, 4) is 0 Å². The van der Waals surface area contributed by atoms with Gasteiger partial charge in [-0.15, -0.1) is 12.4 Å². The normalized spacial score (nSPS) is 20.4. The molecule has 0 radical (unpaired) electrons. The topological polar surface area (TPSA) is 49.4 Å². The lowest BCUT2D eigenvalue weighted by Gasteiger charge is -2.29. The fourth-order valence-electron chi connectivity index (χ4n) is 3.59. The summed E-state index contributed by atoms with van der Waals surface area (Å²) < 4.78 is 23.4. The molecule has 0 bridgehead atoms. The molecule has 0 aliphatic carbocycles. The highest BCUT2D eigenvalue weighted by Crippen LogP contribution is 2.22. The molecule has 1 aromatic rings. The van der Waals surface area contributed by atoms with E-state index in [-0.39, 0.29) is 12.4 Å². The molecule has 6 heteroatoms. The monoisotopic (exact) mass is 358 g/mol. The molecule has 2 heterocycles. The van der Waals surface area contributed by atoms with Gasteiger partial charge in [-0.25, -0.2) is 8.42 Å². The first-order valence-electron chi connectivity index (χ1n) is 8.27. The van der Waals surface area contributed by atoms with E-state index >= 15 is 0 Å². The van der Waals surface area contributed by atoms with Crippen molar-refractivity contribution >= 4 is 22.2 Å². The molecule has 2 aliphatic rings. The van der Waals surface area contributed by atoms with Crippen LogP contribution in [0.25, 0.3) is 0 Å². The molecule has 1 saturated heterocycles. The van der Waals surface area contributed by atoms with Crippen LogP contribution in [0.1, 0.15) is 24.0 Å². The van der Waals surface area contributed by atoms with Gasteiger partial charge in [-0.05, 0) is 68.0 Å². The van der Waals surface area contributed by atoms with E-state index in [0.29, 0.717) is 4.90 Å². The van der Waals surface area contributed by atoms with Gasteiger partial charge < -0.3 is 10.2 Å². The Morgan fingerprint density at radius 2 is 1.78 bits per heavy atom. The molecule has 0 amide bonds. The minimum Gasteiger partial charge on any atom is -0.317 e. The van der Waals surface area contributed by atoms with Crippen LogP contribution in [0.5, 0.6) is 0 Å². The summed E-state index contributed by atoms with van der Waals surface area (Å²) >= 11 is 0. The van der Waals surface area contributed by atoms with Crippen molar-refractivity contribution in [2.75, 3.05) is 39.0 Å². The van der Waals surface area contributed by atoms with Gasteiger partial charge in [0, 0.05) is 25.9 Å². The van der Waals surface area contributed by atoms with Crippen LogP contribution in [-0.2, 0) is 22.7 Å².